The molecule has 8 atom stereocenters. The van der Waals surface area contributed by atoms with Crippen LogP contribution in [0.5, 0.6) is 0 Å². The molecule has 0 radical (unpaired) electrons. The van der Waals surface area contributed by atoms with Crippen LogP contribution in [0.15, 0.2) is 77.9 Å². The van der Waals surface area contributed by atoms with Crippen LogP contribution < -0.4 is 31.9 Å². The number of likely N-dealkylation sites (N-methyl/N-ethyl adjacent to an activating group) is 2. The van der Waals surface area contributed by atoms with Gasteiger partial charge in [0.1, 0.15) is 58.8 Å². The Morgan fingerprint density at radius 1 is 0.706 bits per heavy atom. The Hall–Kier alpha value is -6.40. The lowest BCUT2D eigenvalue weighted by molar-refractivity contribution is -0.143. The fourth-order valence-corrected chi connectivity index (χ4v) is 8.70. The SMILES string of the molecule is CCC(C)C(NC(=O)C(C)NC)C(=O)N1Cc2ccccc2C1C(=O)Nc1c(F)cc(C2C=CC3=C(C2)CN(C(=O)C(NC(=O)C(C)NC)C(C)(C)C)C3C(=O)Nc2c(F)cccc2F)cc1F. The first-order valence-corrected chi connectivity index (χ1v) is 22.7. The zero-order chi connectivity index (χ0) is 49.9. The van der Waals surface area contributed by atoms with Gasteiger partial charge in [-0.15, -0.1) is 0 Å². The van der Waals surface area contributed by atoms with Crippen LogP contribution in [0, 0.1) is 34.6 Å². The summed E-state index contributed by atoms with van der Waals surface area (Å²) in [4.78, 5) is 85.8. The molecule has 3 aromatic rings. The van der Waals surface area contributed by atoms with Gasteiger partial charge in [0.2, 0.25) is 23.6 Å². The molecule has 2 heterocycles. The summed E-state index contributed by atoms with van der Waals surface area (Å²) in [5, 5.41) is 16.0. The van der Waals surface area contributed by atoms with Gasteiger partial charge >= 0.3 is 0 Å². The topological polar surface area (TPSA) is 181 Å². The summed E-state index contributed by atoms with van der Waals surface area (Å²) in [6.07, 6.45) is 3.73. The van der Waals surface area contributed by atoms with E-state index < -0.39 is 118 Å². The third kappa shape index (κ3) is 10.5. The number of carbonyl (C=O) groups is 6. The van der Waals surface area contributed by atoms with Crippen LogP contribution in [0.3, 0.4) is 0 Å². The highest BCUT2D eigenvalue weighted by atomic mass is 19.1. The highest BCUT2D eigenvalue weighted by Crippen LogP contribution is 2.42. The second-order valence-corrected chi connectivity index (χ2v) is 18.8. The molecule has 6 N–H and O–H groups in total. The number of hydrogen-bond donors (Lipinski definition) is 6. The summed E-state index contributed by atoms with van der Waals surface area (Å²) in [6, 6.07) is 5.91. The summed E-state index contributed by atoms with van der Waals surface area (Å²) in [7, 11) is 3.19. The molecule has 6 amide bonds. The molecule has 364 valence electrons. The molecule has 3 aliphatic rings. The average Bonchev–Trinajstić information content (AvgIpc) is 3.89. The fraction of sp³-hybridized carbons (Fsp3) is 0.440. The van der Waals surface area contributed by atoms with Crippen molar-refractivity contribution in [3.8, 4) is 0 Å². The number of nitrogens with zero attached hydrogens (tertiary/aromatic N) is 2. The van der Waals surface area contributed by atoms with Crippen molar-refractivity contribution in [3.05, 3.63) is 118 Å². The van der Waals surface area contributed by atoms with E-state index in [1.165, 1.54) is 15.9 Å². The van der Waals surface area contributed by atoms with Crippen LogP contribution in [0.4, 0.5) is 28.9 Å². The van der Waals surface area contributed by atoms with Crippen LogP contribution in [-0.2, 0) is 35.3 Å². The quantitative estimate of drug-likeness (QED) is 0.105. The third-order valence-electron chi connectivity index (χ3n) is 13.2. The van der Waals surface area contributed by atoms with Crippen LogP contribution in [0.1, 0.15) is 90.0 Å². The summed E-state index contributed by atoms with van der Waals surface area (Å²) < 4.78 is 62.1. The molecule has 1 aliphatic carbocycles. The second kappa shape index (κ2) is 20.9. The van der Waals surface area contributed by atoms with Crippen molar-refractivity contribution in [1.29, 1.82) is 0 Å². The van der Waals surface area contributed by atoms with Gasteiger partial charge in [0, 0.05) is 19.0 Å². The minimum absolute atomic E-state index is 0.0137. The minimum Gasteiger partial charge on any atom is -0.343 e. The Kier molecular flexibility index (Phi) is 15.6. The van der Waals surface area contributed by atoms with Gasteiger partial charge in [-0.1, -0.05) is 83.5 Å². The predicted octanol–water partition coefficient (Wildman–Crippen LogP) is 5.73. The molecule has 18 heteroatoms. The average molecular weight is 945 g/mol. The number of para-hydroxylation sites is 1. The van der Waals surface area contributed by atoms with E-state index in [2.05, 4.69) is 31.9 Å². The largest absolute Gasteiger partial charge is 0.343 e. The van der Waals surface area contributed by atoms with Gasteiger partial charge < -0.3 is 41.7 Å². The number of allylic oxidation sites excluding steroid dienone is 1. The van der Waals surface area contributed by atoms with E-state index in [9.17, 15) is 37.5 Å². The highest BCUT2D eigenvalue weighted by molar-refractivity contribution is 6.03. The lowest BCUT2D eigenvalue weighted by atomic mass is 9.84. The molecular formula is C50H60F4N8O6. The monoisotopic (exact) mass is 944 g/mol. The third-order valence-corrected chi connectivity index (χ3v) is 13.2. The van der Waals surface area contributed by atoms with Crippen molar-refractivity contribution in [2.24, 2.45) is 11.3 Å². The molecule has 8 unspecified atom stereocenters. The van der Waals surface area contributed by atoms with Gasteiger partial charge in [0.15, 0.2) is 0 Å². The van der Waals surface area contributed by atoms with Crippen molar-refractivity contribution in [1.82, 2.24) is 31.1 Å². The number of amides is 6. The van der Waals surface area contributed by atoms with Gasteiger partial charge in [-0.25, -0.2) is 17.6 Å². The van der Waals surface area contributed by atoms with Crippen LogP contribution in [-0.4, -0.2) is 96.1 Å². The van der Waals surface area contributed by atoms with E-state index in [1.807, 2.05) is 6.92 Å². The first kappa shape index (κ1) is 51.0. The molecule has 14 nitrogen and oxygen atoms in total. The highest BCUT2D eigenvalue weighted by Gasteiger charge is 2.47. The van der Waals surface area contributed by atoms with E-state index in [1.54, 1.807) is 86.0 Å². The van der Waals surface area contributed by atoms with E-state index in [4.69, 9.17) is 0 Å². The molecule has 0 aromatic heterocycles. The second-order valence-electron chi connectivity index (χ2n) is 18.8. The Labute approximate surface area is 393 Å². The maximum Gasteiger partial charge on any atom is 0.252 e. The summed E-state index contributed by atoms with van der Waals surface area (Å²) >= 11 is 0. The first-order chi connectivity index (χ1) is 32.1. The number of hydrogen-bond acceptors (Lipinski definition) is 8. The maximum absolute atomic E-state index is 16.2. The predicted molar refractivity (Wildman–Crippen MR) is 249 cm³/mol. The van der Waals surface area contributed by atoms with Crippen LogP contribution in [0.2, 0.25) is 0 Å². The number of benzene rings is 3. The molecule has 0 spiro atoms. The zero-order valence-electron chi connectivity index (χ0n) is 39.7. The van der Waals surface area contributed by atoms with Crippen molar-refractivity contribution < 1.29 is 46.3 Å². The normalized spacial score (nSPS) is 19.9. The van der Waals surface area contributed by atoms with Crippen molar-refractivity contribution >= 4 is 46.8 Å². The Morgan fingerprint density at radius 2 is 1.25 bits per heavy atom. The minimum atomic E-state index is -1.41. The first-order valence-electron chi connectivity index (χ1n) is 22.7. The molecule has 0 saturated carbocycles. The number of carbonyl (C=O) groups excluding carboxylic acids is 6. The molecule has 3 aromatic carbocycles. The summed E-state index contributed by atoms with van der Waals surface area (Å²) in [6.45, 7) is 12.0. The van der Waals surface area contributed by atoms with Crippen molar-refractivity contribution in [3.63, 3.8) is 0 Å². The van der Waals surface area contributed by atoms with Crippen molar-refractivity contribution in [2.45, 2.75) is 110 Å². The maximum atomic E-state index is 16.2. The number of nitrogens with one attached hydrogen (secondary N) is 6. The van der Waals surface area contributed by atoms with Gasteiger partial charge in [0.05, 0.1) is 12.1 Å². The van der Waals surface area contributed by atoms with E-state index in [0.717, 1.165) is 30.3 Å². The van der Waals surface area contributed by atoms with Crippen molar-refractivity contribution in [2.75, 3.05) is 31.3 Å². The lowest BCUT2D eigenvalue weighted by Crippen LogP contribution is -2.59. The summed E-state index contributed by atoms with van der Waals surface area (Å²) in [5.41, 5.74) is -0.204. The zero-order valence-corrected chi connectivity index (χ0v) is 39.7. The van der Waals surface area contributed by atoms with Gasteiger partial charge in [-0.2, -0.15) is 0 Å². The van der Waals surface area contributed by atoms with E-state index in [-0.39, 0.29) is 31.0 Å². The molecule has 0 bridgehead atoms. The molecule has 0 saturated heterocycles. The molecule has 0 fully saturated rings. The Balaban J connectivity index is 1.27. The number of halogens is 4. The smallest absolute Gasteiger partial charge is 0.252 e. The van der Waals surface area contributed by atoms with E-state index >= 15 is 8.78 Å². The number of anilines is 2. The van der Waals surface area contributed by atoms with Gasteiger partial charge in [-0.05, 0) is 97.8 Å². The molecular weight excluding hydrogens is 885 g/mol. The van der Waals surface area contributed by atoms with E-state index in [0.29, 0.717) is 28.7 Å². The van der Waals surface area contributed by atoms with Gasteiger partial charge in [-0.3, -0.25) is 28.8 Å². The standard InChI is InChI=1S/C50H60F4N8O6/c1-10-25(2)38(57-44(63)26(3)55-8)48(67)61-23-29-14-11-12-15-32(29)41(61)46(65)59-40-36(53)21-30(22-37(40)54)28-18-19-33-31(20-28)24-62(42(33)47(66)58-39-34(51)16-13-17-35(39)52)49(68)43(50(5,6)7)60-45(64)27(4)56-9/h11-19,21-22,25-28,38,41-43,55-56H,10,20,23-24H2,1-9H3,(H,57,63)(H,58,66)(H,59,65)(H,60,64). The Morgan fingerprint density at radius 3 is 1.82 bits per heavy atom. The van der Waals surface area contributed by atoms with Gasteiger partial charge in [0.25, 0.3) is 11.8 Å². The molecule has 68 heavy (non-hydrogen) atoms. The summed E-state index contributed by atoms with van der Waals surface area (Å²) in [5.74, 6) is -9.20. The number of rotatable bonds is 15. The fourth-order valence-electron chi connectivity index (χ4n) is 8.70. The number of fused-ring (bicyclic) bond motifs is 1. The Bertz CT molecular complexity index is 2500. The lowest BCUT2D eigenvalue weighted by Gasteiger charge is -2.36. The molecule has 2 aliphatic heterocycles. The van der Waals surface area contributed by atoms with Crippen LogP contribution in [0.25, 0.3) is 0 Å². The van der Waals surface area contributed by atoms with Crippen LogP contribution >= 0.6 is 0 Å². The molecule has 6 rings (SSSR count).